The van der Waals surface area contributed by atoms with E-state index in [-0.39, 0.29) is 17.1 Å². The van der Waals surface area contributed by atoms with Gasteiger partial charge >= 0.3 is 6.18 Å². The predicted octanol–water partition coefficient (Wildman–Crippen LogP) is 5.97. The molecule has 0 aliphatic rings. The Morgan fingerprint density at radius 1 is 1.03 bits per heavy atom. The number of thioether (sulfide) groups is 1. The number of rotatable bonds is 6. The molecule has 7 nitrogen and oxygen atoms in total. The predicted molar refractivity (Wildman–Crippen MR) is 124 cm³/mol. The van der Waals surface area contributed by atoms with Crippen LogP contribution in [0.1, 0.15) is 21.7 Å². The molecule has 0 bridgehead atoms. The highest BCUT2D eigenvalue weighted by atomic mass is 32.2. The SMILES string of the molecule is O=C(Nc1cc(C(F)(F)F)ccc1-n1cccn1)c1oc2ccccc2c1CSc1ncccn1. The number of para-hydroxylation sites is 1. The minimum absolute atomic E-state index is 0.00143. The highest BCUT2D eigenvalue weighted by Gasteiger charge is 2.32. The minimum atomic E-state index is -4.58. The molecule has 0 spiro atoms. The Labute approximate surface area is 201 Å². The van der Waals surface area contributed by atoms with Gasteiger partial charge in [0.1, 0.15) is 5.58 Å². The number of amides is 1. The van der Waals surface area contributed by atoms with Crippen LogP contribution >= 0.6 is 11.8 Å². The highest BCUT2D eigenvalue weighted by Crippen LogP contribution is 2.35. The Kier molecular flexibility index (Phi) is 6.00. The summed E-state index contributed by atoms with van der Waals surface area (Å²) in [6.07, 6.45) is 1.70. The average molecular weight is 495 g/mol. The fourth-order valence-electron chi connectivity index (χ4n) is 3.52. The largest absolute Gasteiger partial charge is 0.451 e. The van der Waals surface area contributed by atoms with Crippen molar-refractivity contribution in [2.75, 3.05) is 5.32 Å². The molecule has 5 rings (SSSR count). The van der Waals surface area contributed by atoms with E-state index in [0.717, 1.165) is 17.5 Å². The Balaban J connectivity index is 1.52. The van der Waals surface area contributed by atoms with E-state index in [1.807, 2.05) is 12.1 Å². The van der Waals surface area contributed by atoms with Gasteiger partial charge in [-0.15, -0.1) is 0 Å². The van der Waals surface area contributed by atoms with Crippen LogP contribution in [0.5, 0.6) is 0 Å². The maximum absolute atomic E-state index is 13.4. The topological polar surface area (TPSA) is 85.8 Å². The van der Waals surface area contributed by atoms with Gasteiger partial charge in [0.05, 0.1) is 16.9 Å². The quantitative estimate of drug-likeness (QED) is 0.231. The highest BCUT2D eigenvalue weighted by molar-refractivity contribution is 7.98. The lowest BCUT2D eigenvalue weighted by Crippen LogP contribution is -2.16. The van der Waals surface area contributed by atoms with Crippen LogP contribution in [-0.2, 0) is 11.9 Å². The number of alkyl halides is 3. The molecule has 0 saturated heterocycles. The molecule has 3 aromatic heterocycles. The Hall–Kier alpha value is -4.12. The maximum Gasteiger partial charge on any atom is 0.416 e. The summed E-state index contributed by atoms with van der Waals surface area (Å²) in [6, 6.07) is 13.5. The standard InChI is InChI=1S/C24H16F3N5O2S/c25-24(26,27)15-7-8-19(32-12-4-11-30-32)18(13-15)31-22(33)21-17(14-35-23-28-9-3-10-29-23)16-5-1-2-6-20(16)34-21/h1-13H,14H2,(H,31,33). The number of halogens is 3. The lowest BCUT2D eigenvalue weighted by Gasteiger charge is -2.14. The molecule has 0 aliphatic carbocycles. The normalized spacial score (nSPS) is 11.6. The van der Waals surface area contributed by atoms with Gasteiger partial charge in [-0.2, -0.15) is 18.3 Å². The van der Waals surface area contributed by atoms with E-state index in [1.54, 1.807) is 42.9 Å². The first kappa shape index (κ1) is 22.7. The monoisotopic (exact) mass is 495 g/mol. The van der Waals surface area contributed by atoms with Gasteiger partial charge in [-0.3, -0.25) is 4.79 Å². The third-order valence-corrected chi connectivity index (χ3v) is 6.02. The van der Waals surface area contributed by atoms with Gasteiger partial charge in [0.25, 0.3) is 5.91 Å². The van der Waals surface area contributed by atoms with Crippen LogP contribution in [0.3, 0.4) is 0 Å². The molecule has 0 unspecified atom stereocenters. The van der Waals surface area contributed by atoms with Crippen molar-refractivity contribution in [3.05, 3.63) is 96.3 Å². The number of hydrogen-bond donors (Lipinski definition) is 1. The number of carbonyl (C=O) groups is 1. The number of carbonyl (C=O) groups excluding carboxylic acids is 1. The van der Waals surface area contributed by atoms with Gasteiger partial charge in [-0.1, -0.05) is 30.0 Å². The number of furan rings is 1. The Morgan fingerprint density at radius 2 is 1.83 bits per heavy atom. The van der Waals surface area contributed by atoms with Gasteiger partial charge in [-0.05, 0) is 36.4 Å². The molecule has 2 aromatic carbocycles. The van der Waals surface area contributed by atoms with Crippen LogP contribution in [-0.4, -0.2) is 25.7 Å². The van der Waals surface area contributed by atoms with Crippen LogP contribution in [0.15, 0.2) is 89.0 Å². The van der Waals surface area contributed by atoms with Crippen molar-refractivity contribution < 1.29 is 22.4 Å². The zero-order valence-electron chi connectivity index (χ0n) is 17.9. The summed E-state index contributed by atoms with van der Waals surface area (Å²) in [6.45, 7) is 0. The third-order valence-electron chi connectivity index (χ3n) is 5.12. The molecule has 5 aromatic rings. The molecule has 176 valence electrons. The molecule has 3 heterocycles. The number of nitrogens with one attached hydrogen (secondary N) is 1. The molecular weight excluding hydrogens is 479 g/mol. The molecule has 0 aliphatic heterocycles. The Morgan fingerprint density at radius 3 is 2.57 bits per heavy atom. The summed E-state index contributed by atoms with van der Waals surface area (Å²) in [5.41, 5.74) is 0.395. The fraction of sp³-hybridized carbons (Fsp3) is 0.0833. The zero-order valence-corrected chi connectivity index (χ0v) is 18.7. The van der Waals surface area contributed by atoms with E-state index >= 15 is 0 Å². The second-order valence-corrected chi connectivity index (χ2v) is 8.30. The van der Waals surface area contributed by atoms with Gasteiger partial charge in [-0.25, -0.2) is 14.6 Å². The van der Waals surface area contributed by atoms with Crippen molar-refractivity contribution in [3.8, 4) is 5.69 Å². The van der Waals surface area contributed by atoms with Gasteiger partial charge < -0.3 is 9.73 Å². The van der Waals surface area contributed by atoms with Gasteiger partial charge in [0.15, 0.2) is 10.9 Å². The smallest absolute Gasteiger partial charge is 0.416 e. The van der Waals surface area contributed by atoms with Crippen LogP contribution in [0.4, 0.5) is 18.9 Å². The molecule has 1 N–H and O–H groups in total. The number of benzene rings is 2. The van der Waals surface area contributed by atoms with E-state index in [1.165, 1.54) is 28.7 Å². The fourth-order valence-corrected chi connectivity index (χ4v) is 4.36. The summed E-state index contributed by atoms with van der Waals surface area (Å²) in [4.78, 5) is 21.7. The van der Waals surface area contributed by atoms with Gasteiger partial charge in [0, 0.05) is 41.5 Å². The van der Waals surface area contributed by atoms with Crippen molar-refractivity contribution in [2.45, 2.75) is 17.1 Å². The number of aromatic nitrogens is 4. The number of hydrogen-bond acceptors (Lipinski definition) is 6. The molecule has 0 fully saturated rings. The summed E-state index contributed by atoms with van der Waals surface area (Å²) < 4.78 is 47.4. The van der Waals surface area contributed by atoms with Crippen LogP contribution in [0, 0.1) is 0 Å². The van der Waals surface area contributed by atoms with E-state index in [2.05, 4.69) is 20.4 Å². The van der Waals surface area contributed by atoms with E-state index in [4.69, 9.17) is 4.42 Å². The summed E-state index contributed by atoms with van der Waals surface area (Å²) >= 11 is 1.31. The van der Waals surface area contributed by atoms with Crippen LogP contribution in [0.25, 0.3) is 16.7 Å². The minimum Gasteiger partial charge on any atom is -0.451 e. The molecule has 0 saturated carbocycles. The molecule has 0 radical (unpaired) electrons. The van der Waals surface area contributed by atoms with Crippen LogP contribution in [0.2, 0.25) is 0 Å². The molecular formula is C24H16F3N5O2S. The Bertz CT molecular complexity index is 1480. The molecule has 35 heavy (non-hydrogen) atoms. The van der Waals surface area contributed by atoms with E-state index < -0.39 is 17.6 Å². The number of nitrogens with zero attached hydrogens (tertiary/aromatic N) is 4. The molecule has 11 heteroatoms. The lowest BCUT2D eigenvalue weighted by atomic mass is 10.1. The summed E-state index contributed by atoms with van der Waals surface area (Å²) in [5.74, 6) is -0.366. The van der Waals surface area contributed by atoms with Crippen molar-refractivity contribution in [2.24, 2.45) is 0 Å². The second kappa shape index (κ2) is 9.26. The zero-order chi connectivity index (χ0) is 24.4. The van der Waals surface area contributed by atoms with Crippen molar-refractivity contribution in [3.63, 3.8) is 0 Å². The third kappa shape index (κ3) is 4.76. The number of fused-ring (bicyclic) bond motifs is 1. The number of anilines is 1. The molecule has 1 amide bonds. The molecule has 0 atom stereocenters. The van der Waals surface area contributed by atoms with Crippen LogP contribution < -0.4 is 5.32 Å². The van der Waals surface area contributed by atoms with E-state index in [9.17, 15) is 18.0 Å². The first-order valence-corrected chi connectivity index (χ1v) is 11.3. The first-order chi connectivity index (χ1) is 16.9. The van der Waals surface area contributed by atoms with Gasteiger partial charge in [0.2, 0.25) is 0 Å². The summed E-state index contributed by atoms with van der Waals surface area (Å²) in [5, 5.41) is 7.91. The first-order valence-electron chi connectivity index (χ1n) is 10.3. The average Bonchev–Trinajstić information content (AvgIpc) is 3.51. The lowest BCUT2D eigenvalue weighted by molar-refractivity contribution is -0.137. The van der Waals surface area contributed by atoms with E-state index in [0.29, 0.717) is 22.1 Å². The van der Waals surface area contributed by atoms with Crippen molar-refractivity contribution in [1.82, 2.24) is 19.7 Å². The van der Waals surface area contributed by atoms with Crippen molar-refractivity contribution in [1.29, 1.82) is 0 Å². The second-order valence-electron chi connectivity index (χ2n) is 7.36. The van der Waals surface area contributed by atoms with Crippen molar-refractivity contribution >= 4 is 34.3 Å². The summed E-state index contributed by atoms with van der Waals surface area (Å²) in [7, 11) is 0. The maximum atomic E-state index is 13.4.